The molecule has 1 N–H and O–H groups in total. The second-order valence-corrected chi connectivity index (χ2v) is 6.45. The fraction of sp³-hybridized carbons (Fsp3) is 0.130. The van der Waals surface area contributed by atoms with Crippen molar-refractivity contribution in [2.24, 2.45) is 5.10 Å². The summed E-state index contributed by atoms with van der Waals surface area (Å²) in [6, 6.07) is 21.4. The van der Waals surface area contributed by atoms with Crippen molar-refractivity contribution in [2.75, 3.05) is 14.2 Å². The van der Waals surface area contributed by atoms with Crippen LogP contribution in [-0.4, -0.2) is 26.3 Å². The van der Waals surface area contributed by atoms with Crippen LogP contribution in [0, 0.1) is 0 Å². The number of hydrogen-bond donors (Lipinski definition) is 1. The Hall–Kier alpha value is -3.60. The molecule has 140 valence electrons. The highest BCUT2D eigenvalue weighted by atomic mass is 16.5. The number of benzene rings is 3. The maximum atomic E-state index is 13.0. The van der Waals surface area contributed by atoms with Crippen molar-refractivity contribution >= 4 is 12.1 Å². The summed E-state index contributed by atoms with van der Waals surface area (Å²) in [5.74, 6) is 0.787. The molecule has 3 aromatic carbocycles. The zero-order chi connectivity index (χ0) is 19.5. The number of methoxy groups -OCH3 is 2. The molecule has 0 aliphatic heterocycles. The molecule has 0 bridgehead atoms. The smallest absolute Gasteiger partial charge is 0.252 e. The van der Waals surface area contributed by atoms with E-state index in [1.807, 2.05) is 48.5 Å². The van der Waals surface area contributed by atoms with Crippen molar-refractivity contribution in [1.82, 2.24) is 5.43 Å². The van der Waals surface area contributed by atoms with E-state index >= 15 is 0 Å². The molecule has 0 atom stereocenters. The molecule has 0 fully saturated rings. The van der Waals surface area contributed by atoms with Gasteiger partial charge in [-0.3, -0.25) is 4.79 Å². The first-order valence-corrected chi connectivity index (χ1v) is 8.96. The van der Waals surface area contributed by atoms with Crippen molar-refractivity contribution in [1.29, 1.82) is 0 Å². The summed E-state index contributed by atoms with van der Waals surface area (Å²) in [5.41, 5.74) is 7.57. The number of carbonyl (C=O) groups is 1. The second kappa shape index (κ2) is 7.56. The van der Waals surface area contributed by atoms with Crippen molar-refractivity contribution in [3.8, 4) is 22.6 Å². The summed E-state index contributed by atoms with van der Waals surface area (Å²) in [5, 5.41) is 4.16. The molecule has 1 amide bonds. The lowest BCUT2D eigenvalue weighted by atomic mass is 9.96. The molecule has 1 aliphatic rings. The van der Waals surface area contributed by atoms with Gasteiger partial charge in [0.15, 0.2) is 0 Å². The van der Waals surface area contributed by atoms with Crippen LogP contribution in [0.4, 0.5) is 0 Å². The standard InChI is InChI=1S/C23H20N2O3/c1-27-16-11-12-21(28-2)15(13-16)14-24-25-23(26)22-19-9-5-3-7-17(19)18-8-4-6-10-20(18)22/h3-14,22H,1-2H3,(H,25,26). The molecule has 0 aromatic heterocycles. The van der Waals surface area contributed by atoms with E-state index in [2.05, 4.69) is 10.5 Å². The van der Waals surface area contributed by atoms with E-state index in [4.69, 9.17) is 9.47 Å². The Morgan fingerprint density at radius 2 is 1.57 bits per heavy atom. The van der Waals surface area contributed by atoms with Gasteiger partial charge in [0, 0.05) is 5.56 Å². The minimum atomic E-state index is -0.378. The molecule has 28 heavy (non-hydrogen) atoms. The Bertz CT molecular complexity index is 1010. The maximum Gasteiger partial charge on any atom is 0.252 e. The molecule has 0 saturated heterocycles. The van der Waals surface area contributed by atoms with Crippen LogP contribution in [0.25, 0.3) is 11.1 Å². The third-order valence-corrected chi connectivity index (χ3v) is 4.91. The van der Waals surface area contributed by atoms with Gasteiger partial charge in [-0.15, -0.1) is 0 Å². The Kier molecular flexibility index (Phi) is 4.81. The second-order valence-electron chi connectivity index (χ2n) is 6.45. The van der Waals surface area contributed by atoms with E-state index in [1.165, 1.54) is 0 Å². The molecular formula is C23H20N2O3. The van der Waals surface area contributed by atoms with Gasteiger partial charge in [-0.25, -0.2) is 5.43 Å². The molecule has 0 spiro atoms. The Labute approximate surface area is 163 Å². The van der Waals surface area contributed by atoms with Crippen molar-refractivity contribution in [2.45, 2.75) is 5.92 Å². The normalized spacial score (nSPS) is 12.5. The van der Waals surface area contributed by atoms with Gasteiger partial charge in [-0.2, -0.15) is 5.10 Å². The van der Waals surface area contributed by atoms with E-state index in [0.29, 0.717) is 11.5 Å². The fourth-order valence-corrected chi connectivity index (χ4v) is 3.61. The zero-order valence-electron chi connectivity index (χ0n) is 15.7. The van der Waals surface area contributed by atoms with Crippen LogP contribution in [0.2, 0.25) is 0 Å². The highest BCUT2D eigenvalue weighted by Gasteiger charge is 2.33. The third-order valence-electron chi connectivity index (χ3n) is 4.91. The molecule has 5 nitrogen and oxygen atoms in total. The number of fused-ring (bicyclic) bond motifs is 3. The van der Waals surface area contributed by atoms with Gasteiger partial charge in [-0.1, -0.05) is 48.5 Å². The first kappa shape index (κ1) is 17.8. The lowest BCUT2D eigenvalue weighted by Crippen LogP contribution is -2.25. The molecule has 0 heterocycles. The van der Waals surface area contributed by atoms with E-state index in [-0.39, 0.29) is 11.8 Å². The highest BCUT2D eigenvalue weighted by Crippen LogP contribution is 2.44. The first-order chi connectivity index (χ1) is 13.7. The number of nitrogens with zero attached hydrogens (tertiary/aromatic N) is 1. The molecule has 0 radical (unpaired) electrons. The molecule has 0 unspecified atom stereocenters. The number of ether oxygens (including phenoxy) is 2. The predicted octanol–water partition coefficient (Wildman–Crippen LogP) is 3.97. The van der Waals surface area contributed by atoms with E-state index < -0.39 is 0 Å². The first-order valence-electron chi connectivity index (χ1n) is 8.96. The average Bonchev–Trinajstić information content (AvgIpc) is 3.08. The van der Waals surface area contributed by atoms with Gasteiger partial charge in [0.25, 0.3) is 5.91 Å². The van der Waals surface area contributed by atoms with Crippen LogP contribution >= 0.6 is 0 Å². The number of hydrogen-bond acceptors (Lipinski definition) is 4. The summed E-state index contributed by atoms with van der Waals surface area (Å²) < 4.78 is 10.6. The van der Waals surface area contributed by atoms with Crippen LogP contribution in [0.5, 0.6) is 11.5 Å². The van der Waals surface area contributed by atoms with Gasteiger partial charge in [0.2, 0.25) is 0 Å². The molecule has 5 heteroatoms. The Balaban J connectivity index is 1.59. The van der Waals surface area contributed by atoms with Gasteiger partial charge in [0.05, 0.1) is 26.4 Å². The van der Waals surface area contributed by atoms with Gasteiger partial charge in [0.1, 0.15) is 11.5 Å². The molecule has 0 saturated carbocycles. The van der Waals surface area contributed by atoms with Crippen LogP contribution in [0.15, 0.2) is 71.8 Å². The lowest BCUT2D eigenvalue weighted by molar-refractivity contribution is -0.121. The number of hydrazone groups is 1. The molecular weight excluding hydrogens is 352 g/mol. The quantitative estimate of drug-likeness (QED) is 0.545. The zero-order valence-corrected chi connectivity index (χ0v) is 15.7. The minimum absolute atomic E-state index is 0.171. The Morgan fingerprint density at radius 1 is 0.929 bits per heavy atom. The SMILES string of the molecule is COc1ccc(OC)c(C=NNC(=O)C2c3ccccc3-c3ccccc32)c1. The van der Waals surface area contributed by atoms with E-state index in [0.717, 1.165) is 27.8 Å². The van der Waals surface area contributed by atoms with E-state index in [1.54, 1.807) is 38.6 Å². The largest absolute Gasteiger partial charge is 0.497 e. The van der Waals surface area contributed by atoms with Crippen LogP contribution in [0.1, 0.15) is 22.6 Å². The summed E-state index contributed by atoms with van der Waals surface area (Å²) in [7, 11) is 3.18. The molecule has 4 rings (SSSR count). The third kappa shape index (κ3) is 3.11. The van der Waals surface area contributed by atoms with Crippen molar-refractivity contribution < 1.29 is 14.3 Å². The summed E-state index contributed by atoms with van der Waals surface area (Å²) in [6.07, 6.45) is 1.56. The predicted molar refractivity (Wildman–Crippen MR) is 109 cm³/mol. The highest BCUT2D eigenvalue weighted by molar-refractivity contribution is 5.96. The van der Waals surface area contributed by atoms with Crippen molar-refractivity contribution in [3.05, 3.63) is 83.4 Å². The minimum Gasteiger partial charge on any atom is -0.497 e. The maximum absolute atomic E-state index is 13.0. The topological polar surface area (TPSA) is 59.9 Å². The van der Waals surface area contributed by atoms with Crippen LogP contribution in [0.3, 0.4) is 0 Å². The van der Waals surface area contributed by atoms with E-state index in [9.17, 15) is 4.79 Å². The molecule has 1 aliphatic carbocycles. The molecule has 3 aromatic rings. The summed E-state index contributed by atoms with van der Waals surface area (Å²) in [4.78, 5) is 13.0. The van der Waals surface area contributed by atoms with Crippen LogP contribution < -0.4 is 14.9 Å². The lowest BCUT2D eigenvalue weighted by Gasteiger charge is -2.11. The Morgan fingerprint density at radius 3 is 2.18 bits per heavy atom. The van der Waals surface area contributed by atoms with Crippen LogP contribution in [-0.2, 0) is 4.79 Å². The average molecular weight is 372 g/mol. The summed E-state index contributed by atoms with van der Waals surface area (Å²) in [6.45, 7) is 0. The number of nitrogens with one attached hydrogen (secondary N) is 1. The number of carbonyl (C=O) groups excluding carboxylic acids is 1. The van der Waals surface area contributed by atoms with Crippen molar-refractivity contribution in [3.63, 3.8) is 0 Å². The van der Waals surface area contributed by atoms with Gasteiger partial charge in [-0.05, 0) is 40.5 Å². The fourth-order valence-electron chi connectivity index (χ4n) is 3.61. The number of rotatable bonds is 5. The monoisotopic (exact) mass is 372 g/mol. The van der Waals surface area contributed by atoms with Gasteiger partial charge < -0.3 is 9.47 Å². The number of amides is 1. The van der Waals surface area contributed by atoms with Gasteiger partial charge >= 0.3 is 0 Å². The summed E-state index contributed by atoms with van der Waals surface area (Å²) >= 11 is 0.